The van der Waals surface area contributed by atoms with E-state index in [9.17, 15) is 4.79 Å². The van der Waals surface area contributed by atoms with Gasteiger partial charge in [0, 0.05) is 5.02 Å². The van der Waals surface area contributed by atoms with Gasteiger partial charge in [-0.25, -0.2) is 4.79 Å². The fourth-order valence-corrected chi connectivity index (χ4v) is 1.30. The Labute approximate surface area is 86.6 Å². The first-order chi connectivity index (χ1) is 6.60. The molecule has 0 aliphatic rings. The molecule has 0 atom stereocenters. The Balaban J connectivity index is 3.32. The van der Waals surface area contributed by atoms with Crippen molar-refractivity contribution < 1.29 is 14.3 Å². The molecule has 2 N–H and O–H groups in total. The van der Waals surface area contributed by atoms with E-state index in [0.29, 0.717) is 10.8 Å². The molecule has 0 radical (unpaired) electrons. The normalized spacial score (nSPS) is 9.64. The van der Waals surface area contributed by atoms with Gasteiger partial charge in [-0.05, 0) is 12.1 Å². The number of methoxy groups -OCH3 is 2. The summed E-state index contributed by atoms with van der Waals surface area (Å²) in [5, 5.41) is 0.409. The highest BCUT2D eigenvalue weighted by molar-refractivity contribution is 6.31. The highest BCUT2D eigenvalue weighted by Crippen LogP contribution is 2.29. The summed E-state index contributed by atoms with van der Waals surface area (Å²) in [5.41, 5.74) is 6.04. The van der Waals surface area contributed by atoms with E-state index in [1.807, 2.05) is 0 Å². The molecule has 0 aliphatic carbocycles. The quantitative estimate of drug-likeness (QED) is 0.603. The topological polar surface area (TPSA) is 61.5 Å². The van der Waals surface area contributed by atoms with Crippen molar-refractivity contribution in [2.75, 3.05) is 20.0 Å². The number of esters is 1. The number of anilines is 1. The van der Waals surface area contributed by atoms with Gasteiger partial charge in [0.05, 0.1) is 19.9 Å². The molecule has 0 fully saturated rings. The second kappa shape index (κ2) is 4.19. The lowest BCUT2D eigenvalue weighted by atomic mass is 10.1. The SMILES string of the molecule is COC(=O)c1c(N)cc(Cl)cc1OC. The maximum absolute atomic E-state index is 11.3. The van der Waals surface area contributed by atoms with Gasteiger partial charge in [-0.1, -0.05) is 11.6 Å². The van der Waals surface area contributed by atoms with Crippen molar-refractivity contribution in [1.29, 1.82) is 0 Å². The first-order valence-corrected chi connectivity index (χ1v) is 4.19. The van der Waals surface area contributed by atoms with E-state index in [4.69, 9.17) is 22.1 Å². The average molecular weight is 216 g/mol. The number of carbonyl (C=O) groups is 1. The predicted octanol–water partition coefficient (Wildman–Crippen LogP) is 1.72. The molecule has 0 heterocycles. The van der Waals surface area contributed by atoms with Crippen LogP contribution in [-0.2, 0) is 4.74 Å². The second-order valence-corrected chi connectivity index (χ2v) is 3.00. The summed E-state index contributed by atoms with van der Waals surface area (Å²) in [6, 6.07) is 2.97. The van der Waals surface area contributed by atoms with E-state index in [1.165, 1.54) is 26.4 Å². The molecule has 5 heteroatoms. The van der Waals surface area contributed by atoms with Gasteiger partial charge in [0.15, 0.2) is 0 Å². The van der Waals surface area contributed by atoms with E-state index >= 15 is 0 Å². The van der Waals surface area contributed by atoms with Crippen LogP contribution in [0.2, 0.25) is 5.02 Å². The fourth-order valence-electron chi connectivity index (χ4n) is 1.08. The Kier molecular flexibility index (Phi) is 3.19. The fraction of sp³-hybridized carbons (Fsp3) is 0.222. The van der Waals surface area contributed by atoms with Crippen molar-refractivity contribution in [2.24, 2.45) is 0 Å². The standard InChI is InChI=1S/C9H10ClNO3/c1-13-7-4-5(10)3-6(11)8(7)9(12)14-2/h3-4H,11H2,1-2H3. The number of ether oxygens (including phenoxy) is 2. The molecule has 0 spiro atoms. The van der Waals surface area contributed by atoms with E-state index in [0.717, 1.165) is 0 Å². The van der Waals surface area contributed by atoms with Gasteiger partial charge in [-0.15, -0.1) is 0 Å². The number of nitrogen functional groups attached to an aromatic ring is 1. The molecule has 0 bridgehead atoms. The van der Waals surface area contributed by atoms with Crippen LogP contribution in [0.5, 0.6) is 5.75 Å². The Bertz CT molecular complexity index is 365. The average Bonchev–Trinajstić information content (AvgIpc) is 2.15. The number of halogens is 1. The first kappa shape index (κ1) is 10.7. The second-order valence-electron chi connectivity index (χ2n) is 2.56. The summed E-state index contributed by atoms with van der Waals surface area (Å²) >= 11 is 5.74. The highest BCUT2D eigenvalue weighted by Gasteiger charge is 2.17. The van der Waals surface area contributed by atoms with E-state index < -0.39 is 5.97 Å². The van der Waals surface area contributed by atoms with Crippen molar-refractivity contribution >= 4 is 23.3 Å². The zero-order valence-corrected chi connectivity index (χ0v) is 8.59. The molecule has 14 heavy (non-hydrogen) atoms. The number of rotatable bonds is 2. The number of hydrogen-bond acceptors (Lipinski definition) is 4. The lowest BCUT2D eigenvalue weighted by molar-refractivity contribution is 0.0598. The maximum atomic E-state index is 11.3. The minimum absolute atomic E-state index is 0.194. The van der Waals surface area contributed by atoms with Crippen LogP contribution in [0, 0.1) is 0 Å². The van der Waals surface area contributed by atoms with Crippen molar-refractivity contribution in [1.82, 2.24) is 0 Å². The summed E-state index contributed by atoms with van der Waals surface area (Å²) in [5.74, 6) is -0.238. The smallest absolute Gasteiger partial charge is 0.343 e. The van der Waals surface area contributed by atoms with E-state index in [2.05, 4.69) is 4.74 Å². The van der Waals surface area contributed by atoms with Crippen LogP contribution >= 0.6 is 11.6 Å². The zero-order chi connectivity index (χ0) is 10.7. The van der Waals surface area contributed by atoms with Crippen LogP contribution in [0.4, 0.5) is 5.69 Å². The molecule has 1 rings (SSSR count). The van der Waals surface area contributed by atoms with Crippen LogP contribution in [-0.4, -0.2) is 20.2 Å². The summed E-state index contributed by atoms with van der Waals surface area (Å²) in [6.45, 7) is 0. The molecule has 1 aromatic carbocycles. The van der Waals surface area contributed by atoms with E-state index in [1.54, 1.807) is 0 Å². The summed E-state index contributed by atoms with van der Waals surface area (Å²) in [6.07, 6.45) is 0. The maximum Gasteiger partial charge on any atom is 0.343 e. The third kappa shape index (κ3) is 1.90. The third-order valence-electron chi connectivity index (χ3n) is 1.71. The van der Waals surface area contributed by atoms with Gasteiger partial charge in [0.2, 0.25) is 0 Å². The summed E-state index contributed by atoms with van der Waals surface area (Å²) in [4.78, 5) is 11.3. The van der Waals surface area contributed by atoms with E-state index in [-0.39, 0.29) is 11.3 Å². The minimum atomic E-state index is -0.545. The first-order valence-electron chi connectivity index (χ1n) is 3.81. The molecule has 0 unspecified atom stereocenters. The molecular formula is C9H10ClNO3. The molecule has 4 nitrogen and oxygen atoms in total. The Hall–Kier alpha value is -1.42. The summed E-state index contributed by atoms with van der Waals surface area (Å²) < 4.78 is 9.52. The minimum Gasteiger partial charge on any atom is -0.496 e. The van der Waals surface area contributed by atoms with Crippen molar-refractivity contribution in [3.05, 3.63) is 22.7 Å². The van der Waals surface area contributed by atoms with Crippen LogP contribution in [0.25, 0.3) is 0 Å². The molecule has 0 saturated carbocycles. The number of benzene rings is 1. The molecule has 76 valence electrons. The highest BCUT2D eigenvalue weighted by atomic mass is 35.5. The molecule has 0 saturated heterocycles. The van der Waals surface area contributed by atoms with Crippen LogP contribution in [0.15, 0.2) is 12.1 Å². The molecule has 0 amide bonds. The molecule has 0 aliphatic heterocycles. The van der Waals surface area contributed by atoms with Crippen LogP contribution in [0.1, 0.15) is 10.4 Å². The Morgan fingerprint density at radius 1 is 1.43 bits per heavy atom. The summed E-state index contributed by atoms with van der Waals surface area (Å²) in [7, 11) is 2.70. The van der Waals surface area contributed by atoms with Crippen LogP contribution in [0.3, 0.4) is 0 Å². The van der Waals surface area contributed by atoms with Gasteiger partial charge < -0.3 is 15.2 Å². The van der Waals surface area contributed by atoms with Crippen molar-refractivity contribution in [3.63, 3.8) is 0 Å². The zero-order valence-electron chi connectivity index (χ0n) is 7.83. The lowest BCUT2D eigenvalue weighted by Gasteiger charge is -2.09. The van der Waals surface area contributed by atoms with Gasteiger partial charge in [0.25, 0.3) is 0 Å². The van der Waals surface area contributed by atoms with Crippen LogP contribution < -0.4 is 10.5 Å². The predicted molar refractivity (Wildman–Crippen MR) is 53.8 cm³/mol. The largest absolute Gasteiger partial charge is 0.496 e. The third-order valence-corrected chi connectivity index (χ3v) is 1.93. The van der Waals surface area contributed by atoms with Crippen molar-refractivity contribution in [3.8, 4) is 5.75 Å². The van der Waals surface area contributed by atoms with Gasteiger partial charge in [0.1, 0.15) is 11.3 Å². The number of hydrogen-bond donors (Lipinski definition) is 1. The molecule has 0 aromatic heterocycles. The molecule has 1 aromatic rings. The number of carbonyl (C=O) groups excluding carboxylic acids is 1. The lowest BCUT2D eigenvalue weighted by Crippen LogP contribution is -2.07. The number of nitrogens with two attached hydrogens (primary N) is 1. The Morgan fingerprint density at radius 3 is 2.57 bits per heavy atom. The van der Waals surface area contributed by atoms with Gasteiger partial charge >= 0.3 is 5.97 Å². The molecular weight excluding hydrogens is 206 g/mol. The van der Waals surface area contributed by atoms with Crippen molar-refractivity contribution in [2.45, 2.75) is 0 Å². The van der Waals surface area contributed by atoms with Gasteiger partial charge in [-0.2, -0.15) is 0 Å². The Morgan fingerprint density at radius 2 is 2.07 bits per heavy atom. The van der Waals surface area contributed by atoms with Gasteiger partial charge in [-0.3, -0.25) is 0 Å². The monoisotopic (exact) mass is 215 g/mol.